The summed E-state index contributed by atoms with van der Waals surface area (Å²) in [5.41, 5.74) is 0. The largest absolute Gasteiger partial charge is 0.529 e. The molecule has 0 aliphatic rings. The molecular formula is C14H80O20Si16. The Bertz CT molecular complexity index is 478. The minimum absolute atomic E-state index is 0. The van der Waals surface area contributed by atoms with Gasteiger partial charge in [0.1, 0.15) is 126 Å². The molecule has 0 amide bonds. The number of esters is 2. The maximum absolute atomic E-state index is 9.81. The Morgan fingerprint density at radius 1 is 0.380 bits per heavy atom. The number of carboxylic acids is 1. The fourth-order valence-corrected chi connectivity index (χ4v) is 0.202. The van der Waals surface area contributed by atoms with Crippen molar-refractivity contribution < 1.29 is 93.0 Å². The summed E-state index contributed by atoms with van der Waals surface area (Å²) in [6.07, 6.45) is 0. The van der Waals surface area contributed by atoms with Crippen molar-refractivity contribution in [2.75, 3.05) is 0 Å². The van der Waals surface area contributed by atoms with Crippen molar-refractivity contribution in [3.8, 4) is 0 Å². The Morgan fingerprint density at radius 3 is 0.440 bits per heavy atom. The summed E-state index contributed by atoms with van der Waals surface area (Å²) in [6, 6.07) is 0. The van der Waals surface area contributed by atoms with Crippen LogP contribution in [0.2, 0.25) is 6.55 Å². The van der Waals surface area contributed by atoms with Crippen LogP contribution in [0.4, 0.5) is 0 Å². The Morgan fingerprint density at radius 2 is 0.440 bits per heavy atom. The van der Waals surface area contributed by atoms with E-state index in [1.807, 2.05) is 0 Å². The molecule has 7 N–H and O–H groups in total. The first-order valence-corrected chi connectivity index (χ1v) is 27.3. The van der Waals surface area contributed by atoms with Crippen LogP contribution in [0.5, 0.6) is 0 Å². The van der Waals surface area contributed by atoms with Crippen molar-refractivity contribution in [1.29, 1.82) is 0 Å². The van der Waals surface area contributed by atoms with Gasteiger partial charge in [-0.3, -0.25) is 28.8 Å². The molecule has 0 atom stereocenters. The van der Waals surface area contributed by atoms with E-state index in [-0.39, 0.29) is 30.8 Å². The second-order valence-electron chi connectivity index (χ2n) is 5.32. The summed E-state index contributed by atoms with van der Waals surface area (Å²) in [5, 5.41) is 7.42. The zero-order valence-electron chi connectivity index (χ0n) is 34.5. The van der Waals surface area contributed by atoms with Gasteiger partial charge in [-0.25, -0.2) is 0 Å². The first-order chi connectivity index (χ1) is 22.3. The molecule has 0 bridgehead atoms. The number of carbonyl (C=O) groups is 6. The lowest BCUT2D eigenvalue weighted by molar-refractivity contribution is -0.156. The highest BCUT2D eigenvalue weighted by molar-refractivity contribution is 6.16. The molecule has 0 rings (SSSR count). The first-order valence-electron chi connectivity index (χ1n) is 12.7. The summed E-state index contributed by atoms with van der Waals surface area (Å²) in [4.78, 5) is 86.1. The maximum atomic E-state index is 9.81. The van der Waals surface area contributed by atoms with Crippen molar-refractivity contribution in [2.24, 2.45) is 0 Å². The molecule has 0 aromatic carbocycles. The monoisotopic (exact) mass is 1020 g/mol. The van der Waals surface area contributed by atoms with E-state index in [1.165, 1.54) is 44.9 Å². The van der Waals surface area contributed by atoms with Crippen molar-refractivity contribution in [1.82, 2.24) is 0 Å². The summed E-state index contributed by atoms with van der Waals surface area (Å²) in [7, 11) is 11.5. The van der Waals surface area contributed by atoms with Gasteiger partial charge in [-0.1, -0.05) is 14.0 Å². The smallest absolute Gasteiger partial charge is 0.310 e. The number of carbonyl (C=O) groups excluding carboxylic acids is 5. The molecule has 0 saturated heterocycles. The van der Waals surface area contributed by atoms with Crippen LogP contribution in [0, 0.1) is 0 Å². The molecule has 20 nitrogen and oxygen atoms in total. The van der Waals surface area contributed by atoms with Crippen molar-refractivity contribution >= 4 is 203 Å². The molecule has 0 aliphatic heterocycles. The van der Waals surface area contributed by atoms with E-state index in [9.17, 15) is 24.0 Å². The van der Waals surface area contributed by atoms with Gasteiger partial charge < -0.3 is 64.2 Å². The molecule has 0 unspecified atom stereocenters. The molecule has 0 fully saturated rings. The van der Waals surface area contributed by atoms with Crippen LogP contribution in [0.15, 0.2) is 0 Å². The van der Waals surface area contributed by atoms with Gasteiger partial charge in [0.25, 0.3) is 23.9 Å². The van der Waals surface area contributed by atoms with Gasteiger partial charge in [0.2, 0.25) is 31.5 Å². The molecule has 0 aromatic rings. The van der Waals surface area contributed by atoms with Crippen LogP contribution in [-0.2, 0) is 63.2 Å². The lowest BCUT2D eigenvalue weighted by atomic mass is 10.7. The zero-order valence-corrected chi connectivity index (χ0v) is 66.5. The highest BCUT2D eigenvalue weighted by atomic mass is 28.3. The van der Waals surface area contributed by atoms with Gasteiger partial charge in [0, 0.05) is 41.5 Å². The minimum Gasteiger partial charge on any atom is -0.529 e. The summed E-state index contributed by atoms with van der Waals surface area (Å²) >= 11 is 0. The van der Waals surface area contributed by atoms with Gasteiger partial charge in [0.15, 0.2) is 0 Å². The standard InChI is InChI=1S/C4H6O3.3C2H6O2Si.C2H4O2.CH6Si.CH4.4H6OSi2.4H4OSi.H2O/c1-3(5)7-4(2)6;3*1-2(3)4-5;1-2(3)4;1-2;;4*2-1-3;4*1-2;/h1-2H3;3*1,5H3;1H3,(H,3,4);1-2H3;1H4;4*2-3H3;4*1H,2H3;1H2. The number of carboxylic acid groups (broad SMARTS) is 1. The third kappa shape index (κ3) is 1040. The van der Waals surface area contributed by atoms with E-state index in [0.717, 1.165) is 90.8 Å². The number of ether oxygens (including phenoxy) is 1. The molecule has 0 spiro atoms. The minimum atomic E-state index is -0.833. The van der Waals surface area contributed by atoms with Crippen molar-refractivity contribution in [3.63, 3.8) is 0 Å². The molecule has 0 aliphatic carbocycles. The van der Waals surface area contributed by atoms with Crippen molar-refractivity contribution in [2.45, 2.75) is 55.5 Å². The van der Waals surface area contributed by atoms with Crippen LogP contribution >= 0.6 is 0 Å². The maximum Gasteiger partial charge on any atom is 0.310 e. The summed E-state index contributed by atoms with van der Waals surface area (Å²) in [5.74, 6) is -2.51. The summed E-state index contributed by atoms with van der Waals surface area (Å²) < 4.78 is 34.8. The van der Waals surface area contributed by atoms with E-state index in [1.54, 1.807) is 0 Å². The normalized spacial score (nSPS) is 6.62. The predicted octanol–water partition coefficient (Wildman–Crippen LogP) is -20.8. The van der Waals surface area contributed by atoms with E-state index in [2.05, 4.69) is 41.0 Å². The molecule has 0 saturated carbocycles. The predicted molar refractivity (Wildman–Crippen MR) is 260 cm³/mol. The zero-order chi connectivity index (χ0) is 43.1. The van der Waals surface area contributed by atoms with Crippen molar-refractivity contribution in [3.05, 3.63) is 0 Å². The lowest BCUT2D eigenvalue weighted by Gasteiger charge is -1.87. The van der Waals surface area contributed by atoms with E-state index in [4.69, 9.17) is 29.1 Å². The first kappa shape index (κ1) is 104. The average Bonchev–Trinajstić information content (AvgIpc) is 3.03. The Labute approximate surface area is 349 Å². The van der Waals surface area contributed by atoms with Crippen LogP contribution in [0.1, 0.15) is 49.0 Å². The van der Waals surface area contributed by atoms with Crippen LogP contribution < -0.4 is 0 Å². The molecular weight excluding hydrogens is 938 g/mol. The second-order valence-corrected chi connectivity index (χ2v) is 19.6. The summed E-state index contributed by atoms with van der Waals surface area (Å²) in [6.45, 7) is 9.77. The molecule has 0 radical (unpaired) electrons. The third-order valence-corrected chi connectivity index (χ3v) is 2.87. The average molecular weight is 1020 g/mol. The second kappa shape index (κ2) is 167. The lowest BCUT2D eigenvalue weighted by Crippen LogP contribution is -2.03. The van der Waals surface area contributed by atoms with Gasteiger partial charge in [-0.2, -0.15) is 0 Å². The molecule has 0 aromatic heterocycles. The highest BCUT2D eigenvalue weighted by Gasteiger charge is 1.93. The Hall–Kier alpha value is 0.130. The Balaban J connectivity index is -0.0000000181. The topological polar surface area (TPSA) is 309 Å². The fourth-order valence-electron chi connectivity index (χ4n) is 0.202. The van der Waals surface area contributed by atoms with Crippen LogP contribution in [-0.4, -0.2) is 233 Å². The molecule has 36 heteroatoms. The van der Waals surface area contributed by atoms with E-state index >= 15 is 0 Å². The third-order valence-electron chi connectivity index (χ3n) is 1.15. The Kier molecular flexibility index (Phi) is 346. The number of aliphatic carboxylic acids is 1. The van der Waals surface area contributed by atoms with Crippen LogP contribution in [0.3, 0.4) is 0 Å². The van der Waals surface area contributed by atoms with Crippen LogP contribution in [0.25, 0.3) is 0 Å². The molecule has 50 heavy (non-hydrogen) atoms. The fraction of sp³-hybridized carbons (Fsp3) is 0.571. The van der Waals surface area contributed by atoms with Gasteiger partial charge in [-0.05, 0) is 10.2 Å². The molecule has 0 heterocycles. The number of hydrogen-bond acceptors (Lipinski definition) is 18. The van der Waals surface area contributed by atoms with Gasteiger partial charge >= 0.3 is 11.9 Å². The molecule has 320 valence electrons. The number of hydrogen-bond donors (Lipinski definition) is 5. The quantitative estimate of drug-likeness (QED) is 0.0855. The van der Waals surface area contributed by atoms with E-state index in [0.29, 0.717) is 73.4 Å². The number of rotatable bonds is 0. The SMILES string of the molecule is C.CC(=O)O.CC(=O)OC(C)=O.CC(=O)O[SiH3].CC(=O)O[SiH3].CC(=O)O[SiH3].C[SiH3].O.O[SiH3].O[SiH3].O[SiH3].O[SiH3].[SiH3]O[SiH3].[SiH3]O[SiH3].[SiH3]O[SiH3].[SiH3]O[SiH3]. The van der Waals surface area contributed by atoms with Gasteiger partial charge in [0.05, 0.1) is 0 Å². The van der Waals surface area contributed by atoms with Gasteiger partial charge in [-0.15, -0.1) is 0 Å². The highest BCUT2D eigenvalue weighted by Crippen LogP contribution is 1.73. The van der Waals surface area contributed by atoms with E-state index < -0.39 is 17.9 Å².